The molecule has 116 valence electrons. The van der Waals surface area contributed by atoms with E-state index in [-0.39, 0.29) is 11.4 Å². The number of benzene rings is 2. The van der Waals surface area contributed by atoms with E-state index in [0.717, 1.165) is 10.6 Å². The van der Waals surface area contributed by atoms with Crippen molar-refractivity contribution in [3.8, 4) is 11.5 Å². The van der Waals surface area contributed by atoms with E-state index >= 15 is 0 Å². The van der Waals surface area contributed by atoms with Crippen molar-refractivity contribution in [3.05, 3.63) is 52.1 Å². The van der Waals surface area contributed by atoms with Crippen molar-refractivity contribution in [1.29, 1.82) is 0 Å². The molecule has 0 fully saturated rings. The fraction of sp³-hybridized carbons (Fsp3) is 0.200. The third kappa shape index (κ3) is 3.62. The number of anilines is 1. The van der Waals surface area contributed by atoms with Gasteiger partial charge < -0.3 is 15.2 Å². The van der Waals surface area contributed by atoms with Gasteiger partial charge in [0.1, 0.15) is 0 Å². The molecule has 2 N–H and O–H groups in total. The molecular weight excluding hydrogens is 304 g/mol. The first-order valence-electron chi connectivity index (χ1n) is 6.47. The molecule has 2 aromatic carbocycles. The average molecular weight is 320 g/mol. The highest BCUT2D eigenvalue weighted by molar-refractivity contribution is 7.98. The summed E-state index contributed by atoms with van der Waals surface area (Å²) in [6, 6.07) is 10.8. The minimum Gasteiger partial charge on any atom is -0.500 e. The van der Waals surface area contributed by atoms with Crippen molar-refractivity contribution in [3.63, 3.8) is 0 Å². The number of phenolic OH excluding ortho intramolecular Hbond substituents is 1. The van der Waals surface area contributed by atoms with Crippen molar-refractivity contribution < 1.29 is 14.8 Å². The summed E-state index contributed by atoms with van der Waals surface area (Å²) in [5.74, 6) is -0.371. The zero-order valence-electron chi connectivity index (χ0n) is 12.2. The number of nitro groups is 1. The molecular formula is C15H16N2O4S. The van der Waals surface area contributed by atoms with Crippen LogP contribution in [0, 0.1) is 10.1 Å². The lowest BCUT2D eigenvalue weighted by Crippen LogP contribution is -2.01. The minimum atomic E-state index is -0.630. The van der Waals surface area contributed by atoms with Gasteiger partial charge in [0.05, 0.1) is 12.0 Å². The van der Waals surface area contributed by atoms with Gasteiger partial charge in [-0.1, -0.05) is 0 Å². The second-order valence-corrected chi connectivity index (χ2v) is 5.38. The smallest absolute Gasteiger partial charge is 0.315 e. The predicted molar refractivity (Wildman–Crippen MR) is 86.9 cm³/mol. The van der Waals surface area contributed by atoms with E-state index in [1.807, 2.05) is 30.5 Å². The van der Waals surface area contributed by atoms with Crippen LogP contribution in [0.2, 0.25) is 0 Å². The van der Waals surface area contributed by atoms with Gasteiger partial charge in [-0.05, 0) is 42.2 Å². The van der Waals surface area contributed by atoms with Crippen LogP contribution in [0.5, 0.6) is 11.5 Å². The van der Waals surface area contributed by atoms with E-state index in [4.69, 9.17) is 4.74 Å². The van der Waals surface area contributed by atoms with Gasteiger partial charge in [0.25, 0.3) is 0 Å². The highest BCUT2D eigenvalue weighted by Crippen LogP contribution is 2.37. The molecule has 2 aromatic rings. The summed E-state index contributed by atoms with van der Waals surface area (Å²) in [7, 11) is 1.36. The Balaban J connectivity index is 2.18. The zero-order chi connectivity index (χ0) is 16.1. The molecule has 0 unspecified atom stereocenters. The molecule has 2 rings (SSSR count). The van der Waals surface area contributed by atoms with Crippen LogP contribution < -0.4 is 10.1 Å². The summed E-state index contributed by atoms with van der Waals surface area (Å²) < 4.78 is 4.97. The lowest BCUT2D eigenvalue weighted by atomic mass is 10.1. The number of ether oxygens (including phenoxy) is 1. The lowest BCUT2D eigenvalue weighted by molar-refractivity contribution is -0.386. The molecule has 0 aromatic heterocycles. The van der Waals surface area contributed by atoms with Gasteiger partial charge in [0.15, 0.2) is 5.75 Å². The fourth-order valence-electron chi connectivity index (χ4n) is 1.96. The largest absolute Gasteiger partial charge is 0.500 e. The van der Waals surface area contributed by atoms with Gasteiger partial charge in [0.2, 0.25) is 5.75 Å². The first-order chi connectivity index (χ1) is 10.5. The topological polar surface area (TPSA) is 84.6 Å². The van der Waals surface area contributed by atoms with E-state index in [1.165, 1.54) is 13.2 Å². The number of phenols is 1. The Labute approximate surface area is 132 Å². The van der Waals surface area contributed by atoms with Gasteiger partial charge in [-0.15, -0.1) is 11.8 Å². The fourth-order valence-corrected chi connectivity index (χ4v) is 2.37. The normalized spacial score (nSPS) is 10.3. The summed E-state index contributed by atoms with van der Waals surface area (Å²) in [6.45, 7) is 0.385. The van der Waals surface area contributed by atoms with Crippen molar-refractivity contribution in [2.45, 2.75) is 11.4 Å². The molecule has 0 bridgehead atoms. The number of thioether (sulfide) groups is 1. The SMILES string of the molecule is COc1cc(CNc2ccc(SC)cc2)cc([N+](=O)[O-])c1O. The first-order valence-corrected chi connectivity index (χ1v) is 7.70. The maximum absolute atomic E-state index is 11.0. The Bertz CT molecular complexity index is 674. The van der Waals surface area contributed by atoms with Crippen molar-refractivity contribution in [2.75, 3.05) is 18.7 Å². The van der Waals surface area contributed by atoms with E-state index in [0.29, 0.717) is 12.1 Å². The molecule has 0 heterocycles. The molecule has 0 radical (unpaired) electrons. The number of rotatable bonds is 6. The van der Waals surface area contributed by atoms with Crippen LogP contribution in [0.1, 0.15) is 5.56 Å². The van der Waals surface area contributed by atoms with Crippen LogP contribution in [0.25, 0.3) is 0 Å². The number of nitrogens with one attached hydrogen (secondary N) is 1. The Morgan fingerprint density at radius 1 is 1.32 bits per heavy atom. The van der Waals surface area contributed by atoms with Crippen LogP contribution in [0.4, 0.5) is 11.4 Å². The quantitative estimate of drug-likeness (QED) is 0.480. The molecule has 22 heavy (non-hydrogen) atoms. The van der Waals surface area contributed by atoms with Gasteiger partial charge in [0, 0.05) is 23.2 Å². The molecule has 0 amide bonds. The number of hydrogen-bond acceptors (Lipinski definition) is 6. The summed E-state index contributed by atoms with van der Waals surface area (Å²) >= 11 is 1.66. The monoisotopic (exact) mass is 320 g/mol. The lowest BCUT2D eigenvalue weighted by Gasteiger charge is -2.10. The van der Waals surface area contributed by atoms with Crippen LogP contribution in [0.3, 0.4) is 0 Å². The highest BCUT2D eigenvalue weighted by Gasteiger charge is 2.19. The second kappa shape index (κ2) is 7.04. The van der Waals surface area contributed by atoms with Crippen LogP contribution in [-0.4, -0.2) is 23.4 Å². The number of nitro benzene ring substituents is 1. The Morgan fingerprint density at radius 2 is 2.00 bits per heavy atom. The highest BCUT2D eigenvalue weighted by atomic mass is 32.2. The summed E-state index contributed by atoms with van der Waals surface area (Å²) in [5, 5.41) is 23.9. The van der Waals surface area contributed by atoms with Crippen LogP contribution >= 0.6 is 11.8 Å². The van der Waals surface area contributed by atoms with Crippen LogP contribution in [-0.2, 0) is 6.54 Å². The van der Waals surface area contributed by atoms with E-state index < -0.39 is 10.7 Å². The Hall–Kier alpha value is -2.41. The van der Waals surface area contributed by atoms with Gasteiger partial charge >= 0.3 is 5.69 Å². The Kier molecular flexibility index (Phi) is 5.11. The average Bonchev–Trinajstić information content (AvgIpc) is 2.54. The molecule has 0 aliphatic heterocycles. The maximum atomic E-state index is 11.0. The Morgan fingerprint density at radius 3 is 2.55 bits per heavy atom. The van der Waals surface area contributed by atoms with Crippen LogP contribution in [0.15, 0.2) is 41.3 Å². The summed E-state index contributed by atoms with van der Waals surface area (Å²) in [5.41, 5.74) is 1.19. The van der Waals surface area contributed by atoms with E-state index in [1.54, 1.807) is 17.8 Å². The predicted octanol–water partition coefficient (Wildman–Crippen LogP) is 3.64. The second-order valence-electron chi connectivity index (χ2n) is 4.50. The van der Waals surface area contributed by atoms with Gasteiger partial charge in [-0.3, -0.25) is 10.1 Å². The third-order valence-electron chi connectivity index (χ3n) is 3.12. The van der Waals surface area contributed by atoms with Gasteiger partial charge in [-0.2, -0.15) is 0 Å². The summed E-state index contributed by atoms with van der Waals surface area (Å²) in [6.07, 6.45) is 2.00. The molecule has 6 nitrogen and oxygen atoms in total. The number of aromatic hydroxyl groups is 1. The van der Waals surface area contributed by atoms with E-state index in [9.17, 15) is 15.2 Å². The zero-order valence-corrected chi connectivity index (χ0v) is 13.0. The number of hydrogen-bond donors (Lipinski definition) is 2. The third-order valence-corrected chi connectivity index (χ3v) is 3.86. The molecule has 0 saturated carbocycles. The molecule has 0 atom stereocenters. The van der Waals surface area contributed by atoms with Crippen molar-refractivity contribution >= 4 is 23.1 Å². The molecule has 0 spiro atoms. The van der Waals surface area contributed by atoms with Crippen molar-refractivity contribution in [2.24, 2.45) is 0 Å². The molecule has 0 aliphatic carbocycles. The molecule has 7 heteroatoms. The number of nitrogens with zero attached hydrogens (tertiary/aromatic N) is 1. The number of methoxy groups -OCH3 is 1. The van der Waals surface area contributed by atoms with Crippen molar-refractivity contribution in [1.82, 2.24) is 0 Å². The molecule has 0 aliphatic rings. The molecule has 0 saturated heterocycles. The maximum Gasteiger partial charge on any atom is 0.315 e. The first kappa shape index (κ1) is 16.0. The van der Waals surface area contributed by atoms with Gasteiger partial charge in [-0.25, -0.2) is 0 Å². The standard InChI is InChI=1S/C15H16N2O4S/c1-21-14-8-10(7-13(15(14)18)17(19)20)9-16-11-3-5-12(22-2)6-4-11/h3-8,16,18H,9H2,1-2H3. The van der Waals surface area contributed by atoms with E-state index in [2.05, 4.69) is 5.32 Å². The minimum absolute atomic E-state index is 0.0868. The summed E-state index contributed by atoms with van der Waals surface area (Å²) in [4.78, 5) is 11.5.